The van der Waals surface area contributed by atoms with E-state index in [1.54, 1.807) is 7.05 Å². The molecule has 4 nitrogen and oxygen atoms in total. The van der Waals surface area contributed by atoms with Crippen LogP contribution in [0.5, 0.6) is 0 Å². The molecular formula is C8H13N3O. The second kappa shape index (κ2) is 3.38. The number of rotatable bonds is 3. The molecule has 1 heterocycles. The molecule has 0 unspecified atom stereocenters. The molecule has 66 valence electrons. The van der Waals surface area contributed by atoms with Gasteiger partial charge in [-0.05, 0) is 6.42 Å². The first-order chi connectivity index (χ1) is 5.65. The van der Waals surface area contributed by atoms with E-state index in [9.17, 15) is 4.79 Å². The van der Waals surface area contributed by atoms with Crippen LogP contribution in [0.15, 0.2) is 23.3 Å². The SMILES string of the molecule is C=C(CC)Cn1ncn(C)c1=O. The number of hydrogen-bond acceptors (Lipinski definition) is 2. The van der Waals surface area contributed by atoms with Crippen molar-refractivity contribution in [3.05, 3.63) is 29.0 Å². The lowest BCUT2D eigenvalue weighted by Gasteiger charge is -1.99. The Hall–Kier alpha value is -1.32. The Labute approximate surface area is 71.1 Å². The van der Waals surface area contributed by atoms with Crippen LogP contribution in [0.3, 0.4) is 0 Å². The predicted molar refractivity (Wildman–Crippen MR) is 46.9 cm³/mol. The minimum atomic E-state index is -0.0930. The summed E-state index contributed by atoms with van der Waals surface area (Å²) in [4.78, 5) is 11.2. The second-order valence-electron chi connectivity index (χ2n) is 2.79. The Morgan fingerprint density at radius 2 is 2.42 bits per heavy atom. The average molecular weight is 167 g/mol. The molecule has 0 spiro atoms. The smallest absolute Gasteiger partial charge is 0.285 e. The van der Waals surface area contributed by atoms with E-state index in [0.29, 0.717) is 6.54 Å². The van der Waals surface area contributed by atoms with Gasteiger partial charge in [-0.2, -0.15) is 5.10 Å². The van der Waals surface area contributed by atoms with E-state index in [1.165, 1.54) is 15.6 Å². The fourth-order valence-electron chi connectivity index (χ4n) is 0.853. The summed E-state index contributed by atoms with van der Waals surface area (Å²) in [6.07, 6.45) is 2.38. The molecular weight excluding hydrogens is 154 g/mol. The van der Waals surface area contributed by atoms with Gasteiger partial charge in [0.2, 0.25) is 0 Å². The van der Waals surface area contributed by atoms with Crippen molar-refractivity contribution in [2.45, 2.75) is 19.9 Å². The van der Waals surface area contributed by atoms with Gasteiger partial charge in [0.1, 0.15) is 6.33 Å². The van der Waals surface area contributed by atoms with Gasteiger partial charge in [0.15, 0.2) is 0 Å². The van der Waals surface area contributed by atoms with E-state index in [4.69, 9.17) is 0 Å². The van der Waals surface area contributed by atoms with Crippen molar-refractivity contribution in [3.8, 4) is 0 Å². The van der Waals surface area contributed by atoms with Crippen molar-refractivity contribution in [1.29, 1.82) is 0 Å². The highest BCUT2D eigenvalue weighted by Gasteiger charge is 2.01. The minimum Gasteiger partial charge on any atom is -0.285 e. The van der Waals surface area contributed by atoms with E-state index in [1.807, 2.05) is 6.92 Å². The lowest BCUT2D eigenvalue weighted by Crippen LogP contribution is -2.23. The van der Waals surface area contributed by atoms with E-state index in [0.717, 1.165) is 12.0 Å². The number of nitrogens with zero attached hydrogens (tertiary/aromatic N) is 3. The maximum absolute atomic E-state index is 11.2. The highest BCUT2D eigenvalue weighted by molar-refractivity contribution is 4.92. The lowest BCUT2D eigenvalue weighted by atomic mass is 10.2. The molecule has 12 heavy (non-hydrogen) atoms. The van der Waals surface area contributed by atoms with Crippen molar-refractivity contribution in [1.82, 2.24) is 14.3 Å². The molecule has 0 bridgehead atoms. The number of aryl methyl sites for hydroxylation is 1. The molecule has 0 N–H and O–H groups in total. The van der Waals surface area contributed by atoms with Crippen molar-refractivity contribution in [2.75, 3.05) is 0 Å². The van der Waals surface area contributed by atoms with E-state index in [-0.39, 0.29) is 5.69 Å². The second-order valence-corrected chi connectivity index (χ2v) is 2.79. The third kappa shape index (κ3) is 1.64. The monoisotopic (exact) mass is 167 g/mol. The number of allylic oxidation sites excluding steroid dienone is 1. The summed E-state index contributed by atoms with van der Waals surface area (Å²) in [5, 5.41) is 3.91. The molecule has 1 aromatic rings. The summed E-state index contributed by atoms with van der Waals surface area (Å²) >= 11 is 0. The largest absolute Gasteiger partial charge is 0.345 e. The van der Waals surface area contributed by atoms with Crippen LogP contribution >= 0.6 is 0 Å². The fraction of sp³-hybridized carbons (Fsp3) is 0.500. The first-order valence-corrected chi connectivity index (χ1v) is 3.90. The molecule has 0 atom stereocenters. The first-order valence-electron chi connectivity index (χ1n) is 3.90. The Bertz CT molecular complexity index is 334. The third-order valence-corrected chi connectivity index (χ3v) is 1.76. The Morgan fingerprint density at radius 1 is 1.75 bits per heavy atom. The summed E-state index contributed by atoms with van der Waals surface area (Å²) < 4.78 is 2.86. The van der Waals surface area contributed by atoms with Gasteiger partial charge in [0, 0.05) is 7.05 Å². The van der Waals surface area contributed by atoms with E-state index < -0.39 is 0 Å². The standard InChI is InChI=1S/C8H13N3O/c1-4-7(2)5-11-8(12)10(3)6-9-11/h6H,2,4-5H2,1,3H3. The maximum atomic E-state index is 11.2. The van der Waals surface area contributed by atoms with Crippen LogP contribution in [0.25, 0.3) is 0 Å². The highest BCUT2D eigenvalue weighted by Crippen LogP contribution is 1.97. The third-order valence-electron chi connectivity index (χ3n) is 1.76. The molecule has 1 rings (SSSR count). The lowest BCUT2D eigenvalue weighted by molar-refractivity contribution is 0.629. The molecule has 0 saturated carbocycles. The topological polar surface area (TPSA) is 39.8 Å². The molecule has 0 radical (unpaired) electrons. The maximum Gasteiger partial charge on any atom is 0.345 e. The molecule has 0 aromatic carbocycles. The molecule has 0 aliphatic heterocycles. The van der Waals surface area contributed by atoms with Crippen LogP contribution in [-0.4, -0.2) is 14.3 Å². The zero-order valence-electron chi connectivity index (χ0n) is 7.45. The van der Waals surface area contributed by atoms with Gasteiger partial charge in [-0.15, -0.1) is 0 Å². The molecule has 0 aliphatic rings. The van der Waals surface area contributed by atoms with Gasteiger partial charge in [-0.25, -0.2) is 9.48 Å². The zero-order chi connectivity index (χ0) is 9.14. The highest BCUT2D eigenvalue weighted by atomic mass is 16.2. The first kappa shape index (κ1) is 8.77. The van der Waals surface area contributed by atoms with Gasteiger partial charge >= 0.3 is 5.69 Å². The number of hydrogen-bond donors (Lipinski definition) is 0. The molecule has 1 aromatic heterocycles. The Morgan fingerprint density at radius 3 is 2.83 bits per heavy atom. The van der Waals surface area contributed by atoms with E-state index >= 15 is 0 Å². The molecule has 0 aliphatic carbocycles. The van der Waals surface area contributed by atoms with Crippen LogP contribution in [0.2, 0.25) is 0 Å². The normalized spacial score (nSPS) is 10.2. The number of aromatic nitrogens is 3. The minimum absolute atomic E-state index is 0.0930. The Balaban J connectivity index is 2.83. The predicted octanol–water partition coefficient (Wildman–Crippen LogP) is 0.548. The summed E-state index contributed by atoms with van der Waals surface area (Å²) in [6.45, 7) is 6.34. The van der Waals surface area contributed by atoms with Gasteiger partial charge < -0.3 is 0 Å². The van der Waals surface area contributed by atoms with Gasteiger partial charge in [-0.3, -0.25) is 4.57 Å². The molecule has 4 heteroatoms. The zero-order valence-corrected chi connectivity index (χ0v) is 7.45. The summed E-state index contributed by atoms with van der Waals surface area (Å²) in [7, 11) is 1.68. The van der Waals surface area contributed by atoms with Crippen LogP contribution in [0.1, 0.15) is 13.3 Å². The van der Waals surface area contributed by atoms with Gasteiger partial charge in [-0.1, -0.05) is 19.1 Å². The van der Waals surface area contributed by atoms with Crippen LogP contribution in [-0.2, 0) is 13.6 Å². The van der Waals surface area contributed by atoms with Crippen molar-refractivity contribution >= 4 is 0 Å². The summed E-state index contributed by atoms with van der Waals surface area (Å²) in [5.74, 6) is 0. The van der Waals surface area contributed by atoms with Crippen molar-refractivity contribution < 1.29 is 0 Å². The molecule has 0 saturated heterocycles. The van der Waals surface area contributed by atoms with Crippen LogP contribution in [0.4, 0.5) is 0 Å². The van der Waals surface area contributed by atoms with Crippen molar-refractivity contribution in [2.24, 2.45) is 7.05 Å². The van der Waals surface area contributed by atoms with Crippen LogP contribution < -0.4 is 5.69 Å². The molecule has 0 amide bonds. The average Bonchev–Trinajstić information content (AvgIpc) is 2.36. The summed E-state index contributed by atoms with van der Waals surface area (Å²) in [6, 6.07) is 0. The van der Waals surface area contributed by atoms with E-state index in [2.05, 4.69) is 11.7 Å². The Kier molecular flexibility index (Phi) is 2.47. The van der Waals surface area contributed by atoms with Crippen molar-refractivity contribution in [3.63, 3.8) is 0 Å². The van der Waals surface area contributed by atoms with Crippen LogP contribution in [0, 0.1) is 0 Å². The van der Waals surface area contributed by atoms with Gasteiger partial charge in [0.25, 0.3) is 0 Å². The quantitative estimate of drug-likeness (QED) is 0.617. The van der Waals surface area contributed by atoms with Gasteiger partial charge in [0.05, 0.1) is 6.54 Å². The molecule has 0 fully saturated rings. The fourth-order valence-corrected chi connectivity index (χ4v) is 0.853. The summed E-state index contributed by atoms with van der Waals surface area (Å²) in [5.41, 5.74) is 0.917.